The van der Waals surface area contributed by atoms with Gasteiger partial charge in [0.2, 0.25) is 0 Å². The zero-order valence-corrected chi connectivity index (χ0v) is 13.2. The van der Waals surface area contributed by atoms with Gasteiger partial charge in [-0.2, -0.15) is 0 Å². The first-order valence-corrected chi connectivity index (χ1v) is 6.87. The SMILES string of the molecule is COc1cccc(F)c1C(=O)NCC1(C)CCCNC1.Cl. The molecule has 0 spiro atoms. The number of hydrogen-bond acceptors (Lipinski definition) is 3. The van der Waals surface area contributed by atoms with Crippen molar-refractivity contribution in [1.29, 1.82) is 0 Å². The second-order valence-electron chi connectivity index (χ2n) is 5.59. The van der Waals surface area contributed by atoms with Gasteiger partial charge in [0.1, 0.15) is 17.1 Å². The quantitative estimate of drug-likeness (QED) is 0.896. The van der Waals surface area contributed by atoms with Crippen LogP contribution in [0.15, 0.2) is 18.2 Å². The minimum atomic E-state index is -0.561. The van der Waals surface area contributed by atoms with Gasteiger partial charge in [-0.25, -0.2) is 4.39 Å². The van der Waals surface area contributed by atoms with Gasteiger partial charge in [0.05, 0.1) is 7.11 Å². The van der Waals surface area contributed by atoms with Crippen LogP contribution in [-0.4, -0.2) is 32.7 Å². The molecule has 1 aliphatic heterocycles. The van der Waals surface area contributed by atoms with Crippen molar-refractivity contribution >= 4 is 18.3 Å². The first kappa shape index (κ1) is 17.7. The van der Waals surface area contributed by atoms with Crippen molar-refractivity contribution < 1.29 is 13.9 Å². The van der Waals surface area contributed by atoms with Crippen LogP contribution in [0.2, 0.25) is 0 Å². The van der Waals surface area contributed by atoms with Crippen molar-refractivity contribution in [3.8, 4) is 5.75 Å². The maximum absolute atomic E-state index is 13.8. The highest BCUT2D eigenvalue weighted by Crippen LogP contribution is 2.25. The van der Waals surface area contributed by atoms with E-state index in [1.165, 1.54) is 19.2 Å². The molecule has 1 aromatic carbocycles. The van der Waals surface area contributed by atoms with Gasteiger partial charge in [0.25, 0.3) is 5.91 Å². The normalized spacial score (nSPS) is 21.3. The first-order valence-electron chi connectivity index (χ1n) is 6.87. The molecule has 118 valence electrons. The monoisotopic (exact) mass is 316 g/mol. The summed E-state index contributed by atoms with van der Waals surface area (Å²) in [7, 11) is 1.43. The minimum Gasteiger partial charge on any atom is -0.496 e. The average molecular weight is 317 g/mol. The lowest BCUT2D eigenvalue weighted by Crippen LogP contribution is -2.45. The summed E-state index contributed by atoms with van der Waals surface area (Å²) in [6.45, 7) is 4.53. The van der Waals surface area contributed by atoms with Gasteiger partial charge >= 0.3 is 0 Å². The Hall–Kier alpha value is -1.33. The molecule has 0 bridgehead atoms. The topological polar surface area (TPSA) is 50.4 Å². The van der Waals surface area contributed by atoms with E-state index in [0.29, 0.717) is 6.54 Å². The third-order valence-electron chi connectivity index (χ3n) is 3.78. The van der Waals surface area contributed by atoms with Crippen molar-refractivity contribution in [2.45, 2.75) is 19.8 Å². The van der Waals surface area contributed by atoms with Crippen molar-refractivity contribution in [2.75, 3.05) is 26.7 Å². The van der Waals surface area contributed by atoms with Crippen molar-refractivity contribution in [1.82, 2.24) is 10.6 Å². The second-order valence-corrected chi connectivity index (χ2v) is 5.59. The molecule has 1 heterocycles. The Morgan fingerprint density at radius 3 is 2.90 bits per heavy atom. The first-order chi connectivity index (χ1) is 9.56. The molecular weight excluding hydrogens is 295 g/mol. The fourth-order valence-corrected chi connectivity index (χ4v) is 2.55. The van der Waals surface area contributed by atoms with E-state index in [0.717, 1.165) is 25.9 Å². The van der Waals surface area contributed by atoms with E-state index in [4.69, 9.17) is 4.74 Å². The standard InChI is InChI=1S/C15H21FN2O2.ClH/c1-15(7-4-8-17-9-15)10-18-14(19)13-11(16)5-3-6-12(13)20-2;/h3,5-6,17H,4,7-10H2,1-2H3,(H,18,19);1H. The highest BCUT2D eigenvalue weighted by atomic mass is 35.5. The molecule has 0 saturated carbocycles. The van der Waals surface area contributed by atoms with E-state index < -0.39 is 11.7 Å². The van der Waals surface area contributed by atoms with Crippen molar-refractivity contribution in [3.05, 3.63) is 29.6 Å². The molecule has 21 heavy (non-hydrogen) atoms. The summed E-state index contributed by atoms with van der Waals surface area (Å²) in [4.78, 5) is 12.2. The summed E-state index contributed by atoms with van der Waals surface area (Å²) in [5.74, 6) is -0.727. The molecule has 1 atom stereocenters. The number of amides is 1. The van der Waals surface area contributed by atoms with Crippen LogP contribution < -0.4 is 15.4 Å². The molecule has 1 saturated heterocycles. The molecule has 1 fully saturated rings. The van der Waals surface area contributed by atoms with E-state index >= 15 is 0 Å². The van der Waals surface area contributed by atoms with Gasteiger partial charge in [0, 0.05) is 13.1 Å². The van der Waals surface area contributed by atoms with E-state index in [1.54, 1.807) is 6.07 Å². The van der Waals surface area contributed by atoms with Crippen LogP contribution >= 0.6 is 12.4 Å². The highest BCUT2D eigenvalue weighted by molar-refractivity contribution is 5.97. The summed E-state index contributed by atoms with van der Waals surface area (Å²) in [6, 6.07) is 4.38. The predicted octanol–water partition coefficient (Wildman–Crippen LogP) is 2.38. The van der Waals surface area contributed by atoms with Crippen molar-refractivity contribution in [2.24, 2.45) is 5.41 Å². The van der Waals surface area contributed by atoms with Crippen LogP contribution in [0.3, 0.4) is 0 Å². The molecule has 0 aromatic heterocycles. The van der Waals surface area contributed by atoms with Gasteiger partial charge in [0.15, 0.2) is 0 Å². The fourth-order valence-electron chi connectivity index (χ4n) is 2.55. The summed E-state index contributed by atoms with van der Waals surface area (Å²) in [5.41, 5.74) is -0.00534. The zero-order chi connectivity index (χ0) is 14.6. The van der Waals surface area contributed by atoms with Crippen LogP contribution in [0, 0.1) is 11.2 Å². The molecule has 2 N–H and O–H groups in total. The zero-order valence-electron chi connectivity index (χ0n) is 12.4. The number of nitrogens with one attached hydrogen (secondary N) is 2. The van der Waals surface area contributed by atoms with Gasteiger partial charge < -0.3 is 15.4 Å². The number of halogens is 2. The molecule has 4 nitrogen and oxygen atoms in total. The number of rotatable bonds is 4. The molecule has 1 unspecified atom stereocenters. The Morgan fingerprint density at radius 1 is 1.52 bits per heavy atom. The summed E-state index contributed by atoms with van der Waals surface area (Å²) in [5, 5.41) is 6.15. The summed E-state index contributed by atoms with van der Waals surface area (Å²) in [6.07, 6.45) is 2.14. The maximum Gasteiger partial charge on any atom is 0.258 e. The third kappa shape index (κ3) is 4.32. The summed E-state index contributed by atoms with van der Waals surface area (Å²) >= 11 is 0. The Bertz CT molecular complexity index is 491. The maximum atomic E-state index is 13.8. The van der Waals surface area contributed by atoms with Crippen LogP contribution in [-0.2, 0) is 0 Å². The smallest absolute Gasteiger partial charge is 0.258 e. The van der Waals surface area contributed by atoms with Gasteiger partial charge in [-0.1, -0.05) is 13.0 Å². The Balaban J connectivity index is 0.00000220. The number of methoxy groups -OCH3 is 1. The molecule has 6 heteroatoms. The van der Waals surface area contributed by atoms with Crippen LogP contribution in [0.4, 0.5) is 4.39 Å². The van der Waals surface area contributed by atoms with Gasteiger partial charge in [-0.3, -0.25) is 4.79 Å². The molecule has 0 radical (unpaired) electrons. The number of benzene rings is 1. The lowest BCUT2D eigenvalue weighted by atomic mass is 9.83. The molecule has 1 amide bonds. The number of ether oxygens (including phenoxy) is 1. The van der Waals surface area contributed by atoms with E-state index in [-0.39, 0.29) is 29.1 Å². The molecular formula is C15H22ClFN2O2. The van der Waals surface area contributed by atoms with Gasteiger partial charge in [-0.15, -0.1) is 12.4 Å². The van der Waals surface area contributed by atoms with E-state index in [2.05, 4.69) is 17.6 Å². The predicted molar refractivity (Wildman–Crippen MR) is 82.7 cm³/mol. The molecule has 0 aliphatic carbocycles. The molecule has 1 aromatic rings. The number of piperidine rings is 1. The third-order valence-corrected chi connectivity index (χ3v) is 3.78. The number of hydrogen-bond donors (Lipinski definition) is 2. The van der Waals surface area contributed by atoms with Crippen molar-refractivity contribution in [3.63, 3.8) is 0 Å². The Labute approximate surface area is 130 Å². The van der Waals surface area contributed by atoms with E-state index in [1.807, 2.05) is 0 Å². The summed E-state index contributed by atoms with van der Waals surface area (Å²) < 4.78 is 18.8. The molecule has 1 aliphatic rings. The largest absolute Gasteiger partial charge is 0.496 e. The van der Waals surface area contributed by atoms with Crippen LogP contribution in [0.5, 0.6) is 5.75 Å². The van der Waals surface area contributed by atoms with Crippen LogP contribution in [0.25, 0.3) is 0 Å². The lowest BCUT2D eigenvalue weighted by Gasteiger charge is -2.34. The minimum absolute atomic E-state index is 0. The van der Waals surface area contributed by atoms with E-state index in [9.17, 15) is 9.18 Å². The Kier molecular flexibility index (Phi) is 6.42. The molecule has 2 rings (SSSR count). The lowest BCUT2D eigenvalue weighted by molar-refractivity contribution is 0.0917. The second kappa shape index (κ2) is 7.61. The Morgan fingerprint density at radius 2 is 2.29 bits per heavy atom. The van der Waals surface area contributed by atoms with Crippen LogP contribution in [0.1, 0.15) is 30.1 Å². The highest BCUT2D eigenvalue weighted by Gasteiger charge is 2.28. The average Bonchev–Trinajstić information content (AvgIpc) is 2.45. The fraction of sp³-hybridized carbons (Fsp3) is 0.533. The number of carbonyl (C=O) groups is 1. The number of carbonyl (C=O) groups excluding carboxylic acids is 1. The van der Waals surface area contributed by atoms with Gasteiger partial charge in [-0.05, 0) is 36.9 Å².